The molecule has 0 bridgehead atoms. The summed E-state index contributed by atoms with van der Waals surface area (Å²) in [5.41, 5.74) is 7.87. The van der Waals surface area contributed by atoms with Crippen LogP contribution < -0.4 is 16.4 Å². The monoisotopic (exact) mass is 329 g/mol. The molecule has 116 valence electrons. The molecular formula is C16H13ClFN5. The minimum absolute atomic E-state index is 0.311. The van der Waals surface area contributed by atoms with Gasteiger partial charge in [-0.15, -0.1) is 0 Å². The number of anilines is 5. The molecule has 23 heavy (non-hydrogen) atoms. The van der Waals surface area contributed by atoms with Crippen molar-refractivity contribution >= 4 is 40.3 Å². The van der Waals surface area contributed by atoms with Gasteiger partial charge in [0, 0.05) is 16.4 Å². The summed E-state index contributed by atoms with van der Waals surface area (Å²) in [5, 5.41) is 6.72. The van der Waals surface area contributed by atoms with E-state index in [0.717, 1.165) is 5.69 Å². The van der Waals surface area contributed by atoms with Crippen LogP contribution in [-0.4, -0.2) is 9.97 Å². The summed E-state index contributed by atoms with van der Waals surface area (Å²) in [7, 11) is 0. The third-order valence-electron chi connectivity index (χ3n) is 3.08. The summed E-state index contributed by atoms with van der Waals surface area (Å²) < 4.78 is 12.9. The number of hydrogen-bond acceptors (Lipinski definition) is 5. The van der Waals surface area contributed by atoms with Crippen LogP contribution in [0.15, 0.2) is 54.9 Å². The quantitative estimate of drug-likeness (QED) is 0.664. The lowest BCUT2D eigenvalue weighted by molar-refractivity contribution is 0.628. The summed E-state index contributed by atoms with van der Waals surface area (Å²) in [6, 6.07) is 13.1. The lowest BCUT2D eigenvalue weighted by Crippen LogP contribution is -2.05. The fourth-order valence-corrected chi connectivity index (χ4v) is 2.16. The second-order valence-corrected chi connectivity index (χ2v) is 5.19. The van der Waals surface area contributed by atoms with E-state index in [0.29, 0.717) is 28.0 Å². The molecule has 0 unspecified atom stereocenters. The van der Waals surface area contributed by atoms with Crippen LogP contribution in [0.2, 0.25) is 5.02 Å². The SMILES string of the molecule is Nc1c(Nc2ccc(F)cc2)ncnc1Nc1cccc(Cl)c1. The standard InChI is InChI=1S/C16H13ClFN5/c17-10-2-1-3-13(8-10)23-16-14(19)15(20-9-21-16)22-12-6-4-11(18)5-7-12/h1-9H,19H2,(H2,20,21,22,23). The van der Waals surface area contributed by atoms with Gasteiger partial charge in [0.05, 0.1) is 0 Å². The number of nitrogen functional groups attached to an aromatic ring is 1. The number of aromatic nitrogens is 2. The summed E-state index contributed by atoms with van der Waals surface area (Å²) in [6.07, 6.45) is 1.38. The van der Waals surface area contributed by atoms with Crippen molar-refractivity contribution in [2.75, 3.05) is 16.4 Å². The first-order valence-corrected chi connectivity index (χ1v) is 7.15. The van der Waals surface area contributed by atoms with E-state index in [-0.39, 0.29) is 5.82 Å². The first-order valence-electron chi connectivity index (χ1n) is 6.77. The molecule has 1 aromatic heterocycles. The topological polar surface area (TPSA) is 75.9 Å². The van der Waals surface area contributed by atoms with Crippen molar-refractivity contribution in [2.45, 2.75) is 0 Å². The number of benzene rings is 2. The van der Waals surface area contributed by atoms with Gasteiger partial charge >= 0.3 is 0 Å². The maximum absolute atomic E-state index is 12.9. The predicted octanol–water partition coefficient (Wildman–Crippen LogP) is 4.34. The second kappa shape index (κ2) is 6.50. The van der Waals surface area contributed by atoms with E-state index < -0.39 is 0 Å². The molecule has 2 aromatic carbocycles. The first kappa shape index (κ1) is 15.1. The van der Waals surface area contributed by atoms with Crippen molar-refractivity contribution in [2.24, 2.45) is 0 Å². The second-order valence-electron chi connectivity index (χ2n) is 4.75. The Morgan fingerprint density at radius 2 is 1.57 bits per heavy atom. The Kier molecular flexibility index (Phi) is 4.25. The molecule has 0 saturated carbocycles. The Morgan fingerprint density at radius 1 is 0.913 bits per heavy atom. The van der Waals surface area contributed by atoms with Crippen molar-refractivity contribution in [1.29, 1.82) is 0 Å². The van der Waals surface area contributed by atoms with Crippen LogP contribution in [0.25, 0.3) is 0 Å². The van der Waals surface area contributed by atoms with E-state index in [4.69, 9.17) is 17.3 Å². The first-order chi connectivity index (χ1) is 11.1. The largest absolute Gasteiger partial charge is 0.393 e. The molecule has 0 amide bonds. The molecule has 4 N–H and O–H groups in total. The zero-order valence-electron chi connectivity index (χ0n) is 11.9. The highest BCUT2D eigenvalue weighted by atomic mass is 35.5. The third kappa shape index (κ3) is 3.67. The number of nitrogens with two attached hydrogens (primary N) is 1. The van der Waals surface area contributed by atoms with Gasteiger partial charge in [0.2, 0.25) is 0 Å². The fraction of sp³-hybridized carbons (Fsp3) is 0. The average Bonchev–Trinajstić information content (AvgIpc) is 2.53. The summed E-state index contributed by atoms with van der Waals surface area (Å²) in [6.45, 7) is 0. The van der Waals surface area contributed by atoms with Gasteiger partial charge in [-0.05, 0) is 42.5 Å². The number of nitrogens with zero attached hydrogens (tertiary/aromatic N) is 2. The fourth-order valence-electron chi connectivity index (χ4n) is 1.97. The molecule has 0 aliphatic heterocycles. The van der Waals surface area contributed by atoms with Gasteiger partial charge < -0.3 is 16.4 Å². The molecule has 0 aliphatic rings. The van der Waals surface area contributed by atoms with Gasteiger partial charge in [0.1, 0.15) is 17.8 Å². The van der Waals surface area contributed by atoms with Crippen molar-refractivity contribution in [1.82, 2.24) is 9.97 Å². The van der Waals surface area contributed by atoms with Crippen LogP contribution in [-0.2, 0) is 0 Å². The van der Waals surface area contributed by atoms with Crippen LogP contribution in [0.4, 0.5) is 33.1 Å². The number of rotatable bonds is 4. The zero-order chi connectivity index (χ0) is 16.2. The van der Waals surface area contributed by atoms with Gasteiger partial charge in [0.15, 0.2) is 11.6 Å². The molecule has 0 aliphatic carbocycles. The number of halogens is 2. The molecule has 0 fully saturated rings. The molecule has 0 saturated heterocycles. The summed E-state index contributed by atoms with van der Waals surface area (Å²) in [4.78, 5) is 8.24. The Morgan fingerprint density at radius 3 is 2.22 bits per heavy atom. The maximum atomic E-state index is 12.9. The highest BCUT2D eigenvalue weighted by Crippen LogP contribution is 2.28. The van der Waals surface area contributed by atoms with Crippen molar-refractivity contribution in [3.05, 3.63) is 65.7 Å². The van der Waals surface area contributed by atoms with E-state index in [2.05, 4.69) is 20.6 Å². The van der Waals surface area contributed by atoms with Crippen LogP contribution in [0.5, 0.6) is 0 Å². The lowest BCUT2D eigenvalue weighted by Gasteiger charge is -2.12. The van der Waals surface area contributed by atoms with Crippen LogP contribution in [0.3, 0.4) is 0 Å². The van der Waals surface area contributed by atoms with E-state index in [1.54, 1.807) is 24.3 Å². The van der Waals surface area contributed by atoms with Gasteiger partial charge in [-0.1, -0.05) is 17.7 Å². The van der Waals surface area contributed by atoms with Crippen LogP contribution >= 0.6 is 11.6 Å². The molecule has 3 rings (SSSR count). The molecule has 7 heteroatoms. The molecule has 0 spiro atoms. The molecule has 5 nitrogen and oxygen atoms in total. The summed E-state index contributed by atoms with van der Waals surface area (Å²) in [5.74, 6) is 0.567. The van der Waals surface area contributed by atoms with E-state index in [1.807, 2.05) is 12.1 Å². The van der Waals surface area contributed by atoms with Crippen molar-refractivity contribution < 1.29 is 4.39 Å². The van der Waals surface area contributed by atoms with Crippen LogP contribution in [0, 0.1) is 5.82 Å². The maximum Gasteiger partial charge on any atom is 0.159 e. The number of hydrogen-bond donors (Lipinski definition) is 3. The smallest absolute Gasteiger partial charge is 0.159 e. The number of nitrogens with one attached hydrogen (secondary N) is 2. The highest BCUT2D eigenvalue weighted by Gasteiger charge is 2.09. The zero-order valence-corrected chi connectivity index (χ0v) is 12.7. The Balaban J connectivity index is 1.84. The molecule has 0 atom stereocenters. The van der Waals surface area contributed by atoms with Crippen molar-refractivity contribution in [3.8, 4) is 0 Å². The van der Waals surface area contributed by atoms with E-state index >= 15 is 0 Å². The van der Waals surface area contributed by atoms with Gasteiger partial charge in [0.25, 0.3) is 0 Å². The van der Waals surface area contributed by atoms with Crippen LogP contribution in [0.1, 0.15) is 0 Å². The third-order valence-corrected chi connectivity index (χ3v) is 3.31. The Hall–Kier alpha value is -2.86. The minimum atomic E-state index is -0.311. The van der Waals surface area contributed by atoms with Gasteiger partial charge in [-0.3, -0.25) is 0 Å². The van der Waals surface area contributed by atoms with Gasteiger partial charge in [-0.25, -0.2) is 14.4 Å². The molecule has 3 aromatic rings. The highest BCUT2D eigenvalue weighted by molar-refractivity contribution is 6.30. The molecule has 0 radical (unpaired) electrons. The van der Waals surface area contributed by atoms with E-state index in [9.17, 15) is 4.39 Å². The van der Waals surface area contributed by atoms with Crippen molar-refractivity contribution in [3.63, 3.8) is 0 Å². The average molecular weight is 330 g/mol. The minimum Gasteiger partial charge on any atom is -0.393 e. The Bertz CT molecular complexity index is 823. The lowest BCUT2D eigenvalue weighted by atomic mass is 10.3. The normalized spacial score (nSPS) is 10.3. The van der Waals surface area contributed by atoms with Gasteiger partial charge in [-0.2, -0.15) is 0 Å². The Labute approximate surface area is 137 Å². The summed E-state index contributed by atoms with van der Waals surface area (Å²) >= 11 is 5.96. The molecular weight excluding hydrogens is 317 g/mol. The predicted molar refractivity (Wildman–Crippen MR) is 90.9 cm³/mol. The molecule has 1 heterocycles. The van der Waals surface area contributed by atoms with E-state index in [1.165, 1.54) is 18.5 Å².